The SMILES string of the molecule is Cc1nonc1CNCCC(=O)N1CCCCC1. The Bertz CT molecular complexity index is 385. The molecule has 6 heteroatoms. The predicted molar refractivity (Wildman–Crippen MR) is 65.8 cm³/mol. The van der Waals surface area contributed by atoms with Crippen LogP contribution < -0.4 is 5.32 Å². The summed E-state index contributed by atoms with van der Waals surface area (Å²) in [5.41, 5.74) is 1.60. The van der Waals surface area contributed by atoms with Gasteiger partial charge in [0.2, 0.25) is 5.91 Å². The molecule has 1 aromatic heterocycles. The minimum absolute atomic E-state index is 0.247. The zero-order chi connectivity index (χ0) is 12.8. The number of hydrogen-bond acceptors (Lipinski definition) is 5. The highest BCUT2D eigenvalue weighted by atomic mass is 16.6. The molecule has 18 heavy (non-hydrogen) atoms. The first-order chi connectivity index (χ1) is 8.77. The van der Waals surface area contributed by atoms with Crippen molar-refractivity contribution in [1.82, 2.24) is 20.5 Å². The molecule has 0 spiro atoms. The Morgan fingerprint density at radius 1 is 1.33 bits per heavy atom. The van der Waals surface area contributed by atoms with Crippen molar-refractivity contribution in [1.29, 1.82) is 0 Å². The van der Waals surface area contributed by atoms with Crippen molar-refractivity contribution >= 4 is 5.91 Å². The van der Waals surface area contributed by atoms with E-state index in [2.05, 4.69) is 20.3 Å². The van der Waals surface area contributed by atoms with Gasteiger partial charge in [0, 0.05) is 32.6 Å². The van der Waals surface area contributed by atoms with Gasteiger partial charge in [-0.1, -0.05) is 10.3 Å². The van der Waals surface area contributed by atoms with E-state index in [1.807, 2.05) is 11.8 Å². The zero-order valence-electron chi connectivity index (χ0n) is 10.8. The molecule has 1 N–H and O–H groups in total. The number of amides is 1. The first-order valence-corrected chi connectivity index (χ1v) is 6.54. The molecule has 0 bridgehead atoms. The van der Waals surface area contributed by atoms with Crippen LogP contribution in [0.15, 0.2) is 4.63 Å². The van der Waals surface area contributed by atoms with Gasteiger partial charge < -0.3 is 10.2 Å². The number of aryl methyl sites for hydroxylation is 1. The summed E-state index contributed by atoms with van der Waals surface area (Å²) >= 11 is 0. The van der Waals surface area contributed by atoms with Gasteiger partial charge >= 0.3 is 0 Å². The van der Waals surface area contributed by atoms with Crippen LogP contribution in [0.3, 0.4) is 0 Å². The van der Waals surface area contributed by atoms with Crippen LogP contribution in [0.25, 0.3) is 0 Å². The number of piperidine rings is 1. The second-order valence-electron chi connectivity index (χ2n) is 4.66. The van der Waals surface area contributed by atoms with Crippen molar-refractivity contribution in [2.45, 2.75) is 39.2 Å². The number of nitrogens with one attached hydrogen (secondary N) is 1. The molecular formula is C12H20N4O2. The summed E-state index contributed by atoms with van der Waals surface area (Å²) in [6, 6.07) is 0. The monoisotopic (exact) mass is 252 g/mol. The summed E-state index contributed by atoms with van der Waals surface area (Å²) in [6.45, 7) is 4.97. The van der Waals surface area contributed by atoms with E-state index in [1.165, 1.54) is 6.42 Å². The molecule has 0 radical (unpaired) electrons. The predicted octanol–water partition coefficient (Wildman–Crippen LogP) is 0.870. The number of aromatic nitrogens is 2. The minimum Gasteiger partial charge on any atom is -0.343 e. The average Bonchev–Trinajstić information content (AvgIpc) is 2.81. The molecule has 1 aromatic rings. The third kappa shape index (κ3) is 3.53. The first kappa shape index (κ1) is 13.0. The smallest absolute Gasteiger partial charge is 0.223 e. The normalized spacial score (nSPS) is 15.9. The van der Waals surface area contributed by atoms with Gasteiger partial charge in [-0.15, -0.1) is 0 Å². The van der Waals surface area contributed by atoms with Gasteiger partial charge in [-0.25, -0.2) is 4.63 Å². The highest BCUT2D eigenvalue weighted by Gasteiger charge is 2.15. The van der Waals surface area contributed by atoms with Gasteiger partial charge in [-0.2, -0.15) is 0 Å². The van der Waals surface area contributed by atoms with Crippen molar-refractivity contribution in [3.8, 4) is 0 Å². The highest BCUT2D eigenvalue weighted by Crippen LogP contribution is 2.09. The maximum absolute atomic E-state index is 11.9. The maximum Gasteiger partial charge on any atom is 0.223 e. The van der Waals surface area contributed by atoms with Crippen molar-refractivity contribution in [2.75, 3.05) is 19.6 Å². The van der Waals surface area contributed by atoms with Crippen LogP contribution in [0.2, 0.25) is 0 Å². The number of nitrogens with zero attached hydrogens (tertiary/aromatic N) is 3. The first-order valence-electron chi connectivity index (χ1n) is 6.54. The lowest BCUT2D eigenvalue weighted by Crippen LogP contribution is -2.37. The van der Waals surface area contributed by atoms with Gasteiger partial charge in [-0.3, -0.25) is 4.79 Å². The van der Waals surface area contributed by atoms with Gasteiger partial charge in [0.25, 0.3) is 0 Å². The maximum atomic E-state index is 11.9. The van der Waals surface area contributed by atoms with Crippen LogP contribution in [0.5, 0.6) is 0 Å². The third-order valence-corrected chi connectivity index (χ3v) is 3.26. The molecule has 2 heterocycles. The topological polar surface area (TPSA) is 71.3 Å². The van der Waals surface area contributed by atoms with E-state index in [1.54, 1.807) is 0 Å². The molecule has 1 aliphatic rings. The van der Waals surface area contributed by atoms with Gasteiger partial charge in [0.1, 0.15) is 11.4 Å². The fourth-order valence-electron chi connectivity index (χ4n) is 2.11. The van der Waals surface area contributed by atoms with E-state index < -0.39 is 0 Å². The zero-order valence-corrected chi connectivity index (χ0v) is 10.8. The third-order valence-electron chi connectivity index (χ3n) is 3.26. The minimum atomic E-state index is 0.247. The molecule has 1 amide bonds. The van der Waals surface area contributed by atoms with Crippen LogP contribution in [-0.4, -0.2) is 40.8 Å². The number of hydrogen-bond donors (Lipinski definition) is 1. The summed E-state index contributed by atoms with van der Waals surface area (Å²) in [6.07, 6.45) is 4.08. The lowest BCUT2D eigenvalue weighted by atomic mass is 10.1. The summed E-state index contributed by atoms with van der Waals surface area (Å²) in [4.78, 5) is 13.8. The van der Waals surface area contributed by atoms with Gasteiger partial charge in [-0.05, 0) is 26.2 Å². The second kappa shape index (κ2) is 6.49. The van der Waals surface area contributed by atoms with Crippen LogP contribution in [0, 0.1) is 6.92 Å². The molecule has 0 saturated carbocycles. The molecule has 1 saturated heterocycles. The van der Waals surface area contributed by atoms with E-state index in [0.29, 0.717) is 19.5 Å². The molecular weight excluding hydrogens is 232 g/mol. The van der Waals surface area contributed by atoms with Crippen molar-refractivity contribution in [3.05, 3.63) is 11.4 Å². The number of likely N-dealkylation sites (tertiary alicyclic amines) is 1. The lowest BCUT2D eigenvalue weighted by molar-refractivity contribution is -0.131. The van der Waals surface area contributed by atoms with E-state index in [4.69, 9.17) is 0 Å². The quantitative estimate of drug-likeness (QED) is 0.787. The largest absolute Gasteiger partial charge is 0.343 e. The molecule has 0 aliphatic carbocycles. The van der Waals surface area contributed by atoms with Crippen LogP contribution in [0.1, 0.15) is 37.1 Å². The Kier molecular flexibility index (Phi) is 4.69. The Balaban J connectivity index is 1.63. The van der Waals surface area contributed by atoms with Crippen molar-refractivity contribution < 1.29 is 9.42 Å². The fourth-order valence-corrected chi connectivity index (χ4v) is 2.11. The molecule has 1 fully saturated rings. The van der Waals surface area contributed by atoms with Crippen LogP contribution >= 0.6 is 0 Å². The van der Waals surface area contributed by atoms with Gasteiger partial charge in [0.05, 0.1) is 0 Å². The Hall–Kier alpha value is -1.43. The highest BCUT2D eigenvalue weighted by molar-refractivity contribution is 5.76. The van der Waals surface area contributed by atoms with E-state index >= 15 is 0 Å². The van der Waals surface area contributed by atoms with E-state index in [9.17, 15) is 4.79 Å². The summed E-state index contributed by atoms with van der Waals surface area (Å²) in [7, 11) is 0. The van der Waals surface area contributed by atoms with Crippen molar-refractivity contribution in [3.63, 3.8) is 0 Å². The average molecular weight is 252 g/mol. The lowest BCUT2D eigenvalue weighted by Gasteiger charge is -2.26. The van der Waals surface area contributed by atoms with Crippen LogP contribution in [0.4, 0.5) is 0 Å². The number of carbonyl (C=O) groups is 1. The molecule has 6 nitrogen and oxygen atoms in total. The number of rotatable bonds is 5. The molecule has 1 aliphatic heterocycles. The standard InChI is InChI=1S/C12H20N4O2/c1-10-11(15-18-14-10)9-13-6-5-12(17)16-7-3-2-4-8-16/h13H,2-9H2,1H3. The summed E-state index contributed by atoms with van der Waals surface area (Å²) in [5, 5.41) is 10.7. The summed E-state index contributed by atoms with van der Waals surface area (Å²) < 4.78 is 4.60. The summed E-state index contributed by atoms with van der Waals surface area (Å²) in [5.74, 6) is 0.247. The van der Waals surface area contributed by atoms with Gasteiger partial charge in [0.15, 0.2) is 0 Å². The molecule has 0 atom stereocenters. The Morgan fingerprint density at radius 3 is 2.78 bits per heavy atom. The van der Waals surface area contributed by atoms with Crippen molar-refractivity contribution in [2.24, 2.45) is 0 Å². The fraction of sp³-hybridized carbons (Fsp3) is 0.750. The number of carbonyl (C=O) groups excluding carboxylic acids is 1. The van der Waals surface area contributed by atoms with E-state index in [0.717, 1.165) is 37.3 Å². The van der Waals surface area contributed by atoms with Crippen LogP contribution in [-0.2, 0) is 11.3 Å². The second-order valence-corrected chi connectivity index (χ2v) is 4.66. The Morgan fingerprint density at radius 2 is 2.11 bits per heavy atom. The van der Waals surface area contributed by atoms with E-state index in [-0.39, 0.29) is 5.91 Å². The Labute approximate surface area is 107 Å². The molecule has 2 rings (SSSR count). The molecule has 0 unspecified atom stereocenters. The molecule has 0 aromatic carbocycles. The molecule has 100 valence electrons.